The lowest BCUT2D eigenvalue weighted by Gasteiger charge is -2.32. The Hall–Kier alpha value is -3.12. The first-order chi connectivity index (χ1) is 14.0. The molecule has 0 bridgehead atoms. The lowest BCUT2D eigenvalue weighted by atomic mass is 9.93. The van der Waals surface area contributed by atoms with E-state index in [0.29, 0.717) is 18.5 Å². The smallest absolute Gasteiger partial charge is 0.417 e. The van der Waals surface area contributed by atoms with E-state index in [0.717, 1.165) is 17.0 Å². The summed E-state index contributed by atoms with van der Waals surface area (Å²) in [6, 6.07) is 10.7. The van der Waals surface area contributed by atoms with E-state index in [1.165, 1.54) is 24.3 Å². The second-order valence-electron chi connectivity index (χ2n) is 7.14. The summed E-state index contributed by atoms with van der Waals surface area (Å²) in [5.41, 5.74) is -2.29. The van der Waals surface area contributed by atoms with Gasteiger partial charge >= 0.3 is 6.18 Å². The fourth-order valence-electron chi connectivity index (χ4n) is 3.67. The van der Waals surface area contributed by atoms with Crippen LogP contribution in [0.2, 0.25) is 0 Å². The average Bonchev–Trinajstić information content (AvgIpc) is 2.87. The van der Waals surface area contributed by atoms with Crippen molar-refractivity contribution in [2.45, 2.75) is 38.4 Å². The minimum absolute atomic E-state index is 0.0273. The lowest BCUT2D eigenvalue weighted by molar-refractivity contribution is -0.137. The third-order valence-electron chi connectivity index (χ3n) is 5.07. The number of thiocarbonyl (C=S) groups is 1. The molecule has 0 spiro atoms. The van der Waals surface area contributed by atoms with Gasteiger partial charge in [-0.2, -0.15) is 18.4 Å². The van der Waals surface area contributed by atoms with Crippen LogP contribution in [0, 0.1) is 11.3 Å². The van der Waals surface area contributed by atoms with E-state index in [-0.39, 0.29) is 16.5 Å². The van der Waals surface area contributed by atoms with Gasteiger partial charge in [0.2, 0.25) is 0 Å². The van der Waals surface area contributed by atoms with Crippen molar-refractivity contribution in [3.05, 3.63) is 53.6 Å². The van der Waals surface area contributed by atoms with Gasteiger partial charge in [-0.25, -0.2) is 0 Å². The Balaban J connectivity index is 2.15. The number of nitrogens with zero attached hydrogens (tertiary/aromatic N) is 3. The van der Waals surface area contributed by atoms with Gasteiger partial charge in [0.05, 0.1) is 22.9 Å². The molecule has 2 aromatic rings. The molecule has 0 aliphatic carbocycles. The Kier molecular flexibility index (Phi) is 5.48. The van der Waals surface area contributed by atoms with Crippen molar-refractivity contribution in [1.82, 2.24) is 0 Å². The van der Waals surface area contributed by atoms with E-state index in [1.807, 2.05) is 6.92 Å². The first-order valence-electron chi connectivity index (χ1n) is 9.13. The number of hydrogen-bond donors (Lipinski definition) is 1. The zero-order valence-electron chi connectivity index (χ0n) is 16.2. The second kappa shape index (κ2) is 7.61. The highest BCUT2D eigenvalue weighted by molar-refractivity contribution is 7.81. The van der Waals surface area contributed by atoms with Crippen molar-refractivity contribution in [3.63, 3.8) is 0 Å². The SMILES string of the molecule is CCCC1(C)C(=O)N(c2ccc(C#N)c(C(F)(F)F)c2)C(=S)N1c1ccc(O)cc1. The maximum atomic E-state index is 13.4. The van der Waals surface area contributed by atoms with E-state index in [2.05, 4.69) is 0 Å². The Morgan fingerprint density at radius 3 is 2.30 bits per heavy atom. The van der Waals surface area contributed by atoms with Crippen LogP contribution < -0.4 is 9.80 Å². The fourth-order valence-corrected chi connectivity index (χ4v) is 4.16. The monoisotopic (exact) mass is 433 g/mol. The number of phenols is 1. The minimum Gasteiger partial charge on any atom is -0.508 e. The summed E-state index contributed by atoms with van der Waals surface area (Å²) < 4.78 is 40.3. The van der Waals surface area contributed by atoms with Crippen LogP contribution >= 0.6 is 12.2 Å². The number of alkyl halides is 3. The van der Waals surface area contributed by atoms with Crippen molar-refractivity contribution < 1.29 is 23.1 Å². The summed E-state index contributed by atoms with van der Waals surface area (Å²) in [7, 11) is 0. The molecule has 1 aliphatic heterocycles. The van der Waals surface area contributed by atoms with E-state index >= 15 is 0 Å². The summed E-state index contributed by atoms with van der Waals surface area (Å²) in [4.78, 5) is 16.1. The number of hydrogen-bond acceptors (Lipinski definition) is 4. The van der Waals surface area contributed by atoms with E-state index in [9.17, 15) is 23.1 Å². The second-order valence-corrected chi connectivity index (χ2v) is 7.50. The predicted molar refractivity (Wildman–Crippen MR) is 110 cm³/mol. The standard InChI is InChI=1S/C21H18F3N3O2S/c1-3-10-20(2)18(29)26(19(30)27(20)14-6-8-16(28)9-7-14)15-5-4-13(12-25)17(11-15)21(22,23)24/h4-9,11,28H,3,10H2,1-2H3. The minimum atomic E-state index is -4.76. The van der Waals surface area contributed by atoms with Crippen LogP contribution in [0.1, 0.15) is 37.8 Å². The van der Waals surface area contributed by atoms with Crippen LogP contribution in [-0.2, 0) is 11.0 Å². The summed E-state index contributed by atoms with van der Waals surface area (Å²) in [6.45, 7) is 3.58. The maximum Gasteiger partial charge on any atom is 0.417 e. The molecule has 0 radical (unpaired) electrons. The number of halogens is 3. The summed E-state index contributed by atoms with van der Waals surface area (Å²) >= 11 is 5.52. The lowest BCUT2D eigenvalue weighted by Crippen LogP contribution is -2.47. The molecule has 1 saturated heterocycles. The number of rotatable bonds is 4. The zero-order valence-corrected chi connectivity index (χ0v) is 17.0. The Bertz CT molecular complexity index is 1050. The number of carbonyl (C=O) groups is 1. The van der Waals surface area contributed by atoms with Gasteiger partial charge in [0.25, 0.3) is 5.91 Å². The topological polar surface area (TPSA) is 67.6 Å². The number of amides is 1. The van der Waals surface area contributed by atoms with Crippen molar-refractivity contribution >= 4 is 34.6 Å². The molecule has 9 heteroatoms. The molecule has 1 N–H and O–H groups in total. The molecular weight excluding hydrogens is 415 g/mol. The molecule has 1 heterocycles. The maximum absolute atomic E-state index is 13.4. The molecule has 1 amide bonds. The van der Waals surface area contributed by atoms with Gasteiger partial charge in [-0.05, 0) is 68.0 Å². The molecule has 1 aliphatic rings. The Morgan fingerprint density at radius 2 is 1.77 bits per heavy atom. The first kappa shape index (κ1) is 21.6. The van der Waals surface area contributed by atoms with Gasteiger partial charge < -0.3 is 10.0 Å². The summed E-state index contributed by atoms with van der Waals surface area (Å²) in [6.07, 6.45) is -3.71. The highest BCUT2D eigenvalue weighted by Crippen LogP contribution is 2.41. The van der Waals surface area contributed by atoms with Gasteiger partial charge in [-0.15, -0.1) is 0 Å². The molecule has 5 nitrogen and oxygen atoms in total. The van der Waals surface area contributed by atoms with Crippen LogP contribution in [0.5, 0.6) is 5.75 Å². The summed E-state index contributed by atoms with van der Waals surface area (Å²) in [5, 5.41) is 18.6. The number of aromatic hydroxyl groups is 1. The van der Waals surface area contributed by atoms with Crippen molar-refractivity contribution in [2.24, 2.45) is 0 Å². The molecular formula is C21H18F3N3O2S. The molecule has 3 rings (SSSR count). The first-order valence-corrected chi connectivity index (χ1v) is 9.54. The molecule has 0 aromatic heterocycles. The Labute approximate surface area is 176 Å². The number of benzene rings is 2. The van der Waals surface area contributed by atoms with E-state index < -0.39 is 28.7 Å². The summed E-state index contributed by atoms with van der Waals surface area (Å²) in [5.74, 6) is -0.425. The van der Waals surface area contributed by atoms with E-state index in [4.69, 9.17) is 17.5 Å². The zero-order chi connectivity index (χ0) is 22.3. The van der Waals surface area contributed by atoms with Crippen LogP contribution in [0.15, 0.2) is 42.5 Å². The van der Waals surface area contributed by atoms with Gasteiger partial charge in [-0.3, -0.25) is 9.69 Å². The van der Waals surface area contributed by atoms with Crippen LogP contribution in [0.4, 0.5) is 24.5 Å². The Morgan fingerprint density at radius 1 is 1.17 bits per heavy atom. The van der Waals surface area contributed by atoms with Gasteiger partial charge in [0.1, 0.15) is 11.3 Å². The third kappa shape index (κ3) is 3.48. The van der Waals surface area contributed by atoms with Gasteiger partial charge in [0, 0.05) is 5.69 Å². The van der Waals surface area contributed by atoms with Crippen LogP contribution in [0.3, 0.4) is 0 Å². The molecule has 156 valence electrons. The highest BCUT2D eigenvalue weighted by atomic mass is 32.1. The van der Waals surface area contributed by atoms with Gasteiger partial charge in [-0.1, -0.05) is 13.3 Å². The number of phenolic OH excluding ortho intramolecular Hbond substituents is 1. The fraction of sp³-hybridized carbons (Fsp3) is 0.286. The average molecular weight is 433 g/mol. The van der Waals surface area contributed by atoms with Crippen LogP contribution in [0.25, 0.3) is 0 Å². The van der Waals surface area contributed by atoms with Crippen molar-refractivity contribution in [2.75, 3.05) is 9.80 Å². The van der Waals surface area contributed by atoms with Crippen molar-refractivity contribution in [3.8, 4) is 11.8 Å². The normalized spacial score (nSPS) is 19.3. The van der Waals surface area contributed by atoms with Crippen LogP contribution in [-0.4, -0.2) is 21.7 Å². The molecule has 1 fully saturated rings. The van der Waals surface area contributed by atoms with Gasteiger partial charge in [0.15, 0.2) is 5.11 Å². The number of anilines is 2. The molecule has 0 saturated carbocycles. The number of carbonyl (C=O) groups excluding carboxylic acids is 1. The molecule has 2 aromatic carbocycles. The highest BCUT2D eigenvalue weighted by Gasteiger charge is 2.53. The van der Waals surface area contributed by atoms with E-state index in [1.54, 1.807) is 24.0 Å². The predicted octanol–water partition coefficient (Wildman–Crippen LogP) is 4.98. The number of nitriles is 1. The quantitative estimate of drug-likeness (QED) is 0.689. The largest absolute Gasteiger partial charge is 0.508 e. The third-order valence-corrected chi connectivity index (χ3v) is 5.44. The molecule has 30 heavy (non-hydrogen) atoms. The van der Waals surface area contributed by atoms with Crippen molar-refractivity contribution in [1.29, 1.82) is 5.26 Å². The molecule has 1 atom stereocenters. The molecule has 1 unspecified atom stereocenters.